The Morgan fingerprint density at radius 3 is 2.84 bits per heavy atom. The van der Waals surface area contributed by atoms with Gasteiger partial charge in [-0.05, 0) is 53.9 Å². The lowest BCUT2D eigenvalue weighted by Gasteiger charge is -2.13. The monoisotopic (exact) mass is 452 g/mol. The first-order chi connectivity index (χ1) is 15.6. The number of aromatic nitrogens is 1. The summed E-state index contributed by atoms with van der Waals surface area (Å²) < 4.78 is 16.9. The number of hydrogen-bond acceptors (Lipinski definition) is 5. The molecule has 2 heterocycles. The molecule has 3 aromatic rings. The Bertz CT molecular complexity index is 1100. The second-order valence-corrected chi connectivity index (χ2v) is 8.03. The fourth-order valence-electron chi connectivity index (χ4n) is 3.82. The van der Waals surface area contributed by atoms with Gasteiger partial charge in [-0.3, -0.25) is 9.78 Å². The minimum atomic E-state index is -0.160. The lowest BCUT2D eigenvalue weighted by atomic mass is 9.99. The van der Waals surface area contributed by atoms with E-state index in [4.69, 9.17) is 25.8 Å². The van der Waals surface area contributed by atoms with Crippen LogP contribution in [0.5, 0.6) is 17.2 Å². The molecule has 1 amide bonds. The normalized spacial score (nSPS) is 14.4. The molecule has 166 valence electrons. The maximum absolute atomic E-state index is 12.2. The topological polar surface area (TPSA) is 69.7 Å². The summed E-state index contributed by atoms with van der Waals surface area (Å²) in [5.41, 5.74) is 3.87. The molecule has 1 aliphatic rings. The molecule has 0 radical (unpaired) electrons. The van der Waals surface area contributed by atoms with Crippen LogP contribution in [-0.2, 0) is 17.6 Å². The summed E-state index contributed by atoms with van der Waals surface area (Å²) in [6, 6.07) is 13.4. The van der Waals surface area contributed by atoms with Crippen molar-refractivity contribution >= 4 is 17.5 Å². The Morgan fingerprint density at radius 1 is 1.22 bits per heavy atom. The molecule has 1 aromatic heterocycles. The number of rotatable bonds is 8. The number of benzene rings is 2. The van der Waals surface area contributed by atoms with E-state index in [1.54, 1.807) is 26.6 Å². The van der Waals surface area contributed by atoms with E-state index >= 15 is 0 Å². The van der Waals surface area contributed by atoms with E-state index in [-0.39, 0.29) is 12.0 Å². The summed E-state index contributed by atoms with van der Waals surface area (Å²) in [5, 5.41) is 3.50. The first-order valence-corrected chi connectivity index (χ1v) is 10.8. The highest BCUT2D eigenvalue weighted by Gasteiger charge is 2.27. The Morgan fingerprint density at radius 2 is 2.09 bits per heavy atom. The zero-order valence-electron chi connectivity index (χ0n) is 18.1. The van der Waals surface area contributed by atoms with Gasteiger partial charge in [0.2, 0.25) is 5.91 Å². The molecule has 7 heteroatoms. The van der Waals surface area contributed by atoms with E-state index in [9.17, 15) is 4.79 Å². The molecule has 32 heavy (non-hydrogen) atoms. The summed E-state index contributed by atoms with van der Waals surface area (Å²) in [6.07, 6.45) is 5.07. The predicted molar refractivity (Wildman–Crippen MR) is 124 cm³/mol. The molecule has 0 unspecified atom stereocenters. The number of halogens is 1. The van der Waals surface area contributed by atoms with Crippen molar-refractivity contribution in [3.63, 3.8) is 0 Å². The van der Waals surface area contributed by atoms with Crippen molar-refractivity contribution in [1.82, 2.24) is 10.3 Å². The molecule has 1 atom stereocenters. The van der Waals surface area contributed by atoms with Gasteiger partial charge in [0.1, 0.15) is 23.4 Å². The zero-order valence-corrected chi connectivity index (χ0v) is 18.8. The smallest absolute Gasteiger partial charge is 0.220 e. The van der Waals surface area contributed by atoms with E-state index in [0.29, 0.717) is 36.6 Å². The quantitative estimate of drug-likeness (QED) is 0.546. The molecule has 0 spiro atoms. The van der Waals surface area contributed by atoms with Crippen molar-refractivity contribution in [2.45, 2.75) is 25.4 Å². The third-order valence-corrected chi connectivity index (χ3v) is 5.74. The van der Waals surface area contributed by atoms with Crippen molar-refractivity contribution in [3.05, 3.63) is 71.0 Å². The number of pyridine rings is 1. The molecule has 0 bridgehead atoms. The van der Waals surface area contributed by atoms with Crippen molar-refractivity contribution in [2.24, 2.45) is 0 Å². The summed E-state index contributed by atoms with van der Waals surface area (Å²) >= 11 is 6.55. The van der Waals surface area contributed by atoms with Crippen LogP contribution in [0.25, 0.3) is 11.1 Å². The van der Waals surface area contributed by atoms with Crippen LogP contribution in [0.2, 0.25) is 5.02 Å². The highest BCUT2D eigenvalue weighted by molar-refractivity contribution is 6.32. The highest BCUT2D eigenvalue weighted by Crippen LogP contribution is 2.42. The van der Waals surface area contributed by atoms with Gasteiger partial charge in [-0.25, -0.2) is 0 Å². The van der Waals surface area contributed by atoms with E-state index in [1.165, 1.54) is 0 Å². The summed E-state index contributed by atoms with van der Waals surface area (Å²) in [6.45, 7) is 0.425. The minimum absolute atomic E-state index is 0.0127. The first kappa shape index (κ1) is 22.0. The molecule has 1 aliphatic heterocycles. The van der Waals surface area contributed by atoms with Gasteiger partial charge in [-0.15, -0.1) is 0 Å². The molecule has 0 saturated heterocycles. The van der Waals surface area contributed by atoms with Crippen LogP contribution in [0.3, 0.4) is 0 Å². The second-order valence-electron chi connectivity index (χ2n) is 7.62. The van der Waals surface area contributed by atoms with Gasteiger partial charge >= 0.3 is 0 Å². The Labute approximate surface area is 192 Å². The van der Waals surface area contributed by atoms with Gasteiger partial charge in [0, 0.05) is 36.4 Å². The average Bonchev–Trinajstić information content (AvgIpc) is 3.25. The third kappa shape index (κ3) is 4.97. The Hall–Kier alpha value is -3.25. The molecule has 4 rings (SSSR count). The van der Waals surface area contributed by atoms with Crippen molar-refractivity contribution < 1.29 is 19.0 Å². The van der Waals surface area contributed by atoms with Crippen LogP contribution in [-0.4, -0.2) is 37.8 Å². The second kappa shape index (κ2) is 9.92. The van der Waals surface area contributed by atoms with Gasteiger partial charge in [0.25, 0.3) is 0 Å². The minimum Gasteiger partial charge on any atom is -0.497 e. The van der Waals surface area contributed by atoms with Gasteiger partial charge in [-0.2, -0.15) is 0 Å². The summed E-state index contributed by atoms with van der Waals surface area (Å²) in [4.78, 5) is 16.3. The van der Waals surface area contributed by atoms with Crippen LogP contribution in [0, 0.1) is 0 Å². The number of methoxy groups -OCH3 is 2. The average molecular weight is 453 g/mol. The first-order valence-electron chi connectivity index (χ1n) is 10.4. The van der Waals surface area contributed by atoms with Crippen LogP contribution in [0.4, 0.5) is 0 Å². The number of carbonyl (C=O) groups excluding carboxylic acids is 1. The van der Waals surface area contributed by atoms with E-state index in [2.05, 4.69) is 16.4 Å². The lowest BCUT2D eigenvalue weighted by Crippen LogP contribution is -2.34. The number of nitrogens with zero attached hydrogens (tertiary/aromatic N) is 1. The Balaban J connectivity index is 1.41. The number of carbonyl (C=O) groups is 1. The van der Waals surface area contributed by atoms with E-state index in [0.717, 1.165) is 33.8 Å². The number of amides is 1. The number of ether oxygens (including phenoxy) is 3. The van der Waals surface area contributed by atoms with Crippen molar-refractivity contribution in [2.75, 3.05) is 20.8 Å². The van der Waals surface area contributed by atoms with Gasteiger partial charge in [0.05, 0.1) is 25.8 Å². The number of nitrogens with one attached hydrogen (secondary N) is 1. The fraction of sp³-hybridized carbons (Fsp3) is 0.280. The summed E-state index contributed by atoms with van der Waals surface area (Å²) in [7, 11) is 3.27. The maximum atomic E-state index is 12.2. The summed E-state index contributed by atoms with van der Waals surface area (Å²) in [5.74, 6) is 2.13. The van der Waals surface area contributed by atoms with Gasteiger partial charge in [0.15, 0.2) is 0 Å². The van der Waals surface area contributed by atoms with Crippen LogP contribution in [0.15, 0.2) is 54.9 Å². The number of fused-ring (bicyclic) bond motifs is 1. The fourth-order valence-corrected chi connectivity index (χ4v) is 4.10. The molecular formula is C25H25ClN2O4. The SMILES string of the molecule is COc1ccc(OC)c(-c2cc(Cl)c3c(c2)C[C@H](CNC(=O)CCc2cccnc2)O3)c1. The highest BCUT2D eigenvalue weighted by atomic mass is 35.5. The Kier molecular flexibility index (Phi) is 6.81. The molecule has 1 N–H and O–H groups in total. The van der Waals surface area contributed by atoms with Crippen LogP contribution in [0.1, 0.15) is 17.5 Å². The van der Waals surface area contributed by atoms with E-state index < -0.39 is 0 Å². The van der Waals surface area contributed by atoms with Crippen molar-refractivity contribution in [3.8, 4) is 28.4 Å². The predicted octanol–water partition coefficient (Wildman–Crippen LogP) is 4.47. The van der Waals surface area contributed by atoms with Crippen LogP contribution < -0.4 is 19.5 Å². The maximum Gasteiger partial charge on any atom is 0.220 e. The largest absolute Gasteiger partial charge is 0.497 e. The lowest BCUT2D eigenvalue weighted by molar-refractivity contribution is -0.121. The molecule has 0 saturated carbocycles. The molecule has 0 fully saturated rings. The van der Waals surface area contributed by atoms with Gasteiger partial charge in [-0.1, -0.05) is 17.7 Å². The molecule has 6 nitrogen and oxygen atoms in total. The number of aryl methyl sites for hydroxylation is 1. The zero-order chi connectivity index (χ0) is 22.5. The van der Waals surface area contributed by atoms with Gasteiger partial charge < -0.3 is 19.5 Å². The van der Waals surface area contributed by atoms with E-state index in [1.807, 2.05) is 36.4 Å². The molecule has 2 aromatic carbocycles. The molecular weight excluding hydrogens is 428 g/mol. The van der Waals surface area contributed by atoms with Crippen molar-refractivity contribution in [1.29, 1.82) is 0 Å². The standard InChI is InChI=1S/C25H25ClN2O4/c1-30-19-6-7-23(31-2)21(13-19)17-10-18-11-20(32-25(18)22(26)12-17)15-28-24(29)8-5-16-4-3-9-27-14-16/h3-4,6-7,9-10,12-14,20H,5,8,11,15H2,1-2H3,(H,28,29)/t20-/m1/s1. The number of hydrogen-bond donors (Lipinski definition) is 1. The van der Waals surface area contributed by atoms with Crippen LogP contribution >= 0.6 is 11.6 Å². The molecule has 0 aliphatic carbocycles. The third-order valence-electron chi connectivity index (χ3n) is 5.46.